The fraction of sp³-hybridized carbons (Fsp3) is 0.375. The van der Waals surface area contributed by atoms with E-state index in [1.54, 1.807) is 29.6 Å². The van der Waals surface area contributed by atoms with Gasteiger partial charge in [-0.1, -0.05) is 25.3 Å². The van der Waals surface area contributed by atoms with E-state index in [0.29, 0.717) is 15.9 Å². The molecule has 0 radical (unpaired) electrons. The van der Waals surface area contributed by atoms with Gasteiger partial charge in [-0.15, -0.1) is 11.3 Å². The van der Waals surface area contributed by atoms with E-state index in [-0.39, 0.29) is 0 Å². The summed E-state index contributed by atoms with van der Waals surface area (Å²) in [4.78, 5) is 0. The van der Waals surface area contributed by atoms with Crippen LogP contribution in [0.15, 0.2) is 46.0 Å². The zero-order chi connectivity index (χ0) is 15.4. The van der Waals surface area contributed by atoms with Gasteiger partial charge in [-0.3, -0.25) is 4.72 Å². The summed E-state index contributed by atoms with van der Waals surface area (Å²) in [6.45, 7) is 0. The minimum Gasteiger partial charge on any atom is -0.382 e. The van der Waals surface area contributed by atoms with Crippen molar-refractivity contribution in [2.75, 3.05) is 10.0 Å². The molecule has 2 aromatic rings. The van der Waals surface area contributed by atoms with Crippen molar-refractivity contribution in [2.45, 2.75) is 42.4 Å². The quantitative estimate of drug-likeness (QED) is 0.856. The van der Waals surface area contributed by atoms with Crippen molar-refractivity contribution in [3.63, 3.8) is 0 Å². The van der Waals surface area contributed by atoms with Gasteiger partial charge in [-0.25, -0.2) is 8.42 Å². The maximum absolute atomic E-state index is 12.1. The second kappa shape index (κ2) is 6.71. The van der Waals surface area contributed by atoms with Crippen LogP contribution in [0.2, 0.25) is 0 Å². The third-order valence-corrected chi connectivity index (χ3v) is 6.65. The van der Waals surface area contributed by atoms with Crippen LogP contribution in [0.3, 0.4) is 0 Å². The second-order valence-corrected chi connectivity index (χ2v) is 8.45. The Hall–Kier alpha value is -1.53. The molecule has 0 atom stereocenters. The van der Waals surface area contributed by atoms with Gasteiger partial charge in [0.15, 0.2) is 0 Å². The lowest BCUT2D eigenvalue weighted by atomic mass is 9.95. The van der Waals surface area contributed by atoms with E-state index in [1.165, 1.54) is 43.4 Å². The Morgan fingerprint density at radius 1 is 0.955 bits per heavy atom. The summed E-state index contributed by atoms with van der Waals surface area (Å²) in [5.74, 6) is 0. The molecule has 118 valence electrons. The van der Waals surface area contributed by atoms with Crippen LogP contribution in [-0.4, -0.2) is 14.5 Å². The Kier molecular flexibility index (Phi) is 4.69. The smallest absolute Gasteiger partial charge is 0.271 e. The Morgan fingerprint density at radius 3 is 2.27 bits per heavy atom. The molecule has 1 aromatic carbocycles. The topological polar surface area (TPSA) is 58.2 Å². The zero-order valence-electron chi connectivity index (χ0n) is 12.3. The first-order valence-corrected chi connectivity index (χ1v) is 9.93. The highest BCUT2D eigenvalue weighted by Crippen LogP contribution is 2.24. The lowest BCUT2D eigenvalue weighted by Crippen LogP contribution is -2.22. The third kappa shape index (κ3) is 3.81. The number of hydrogen-bond donors (Lipinski definition) is 2. The van der Waals surface area contributed by atoms with E-state index in [1.807, 2.05) is 12.1 Å². The van der Waals surface area contributed by atoms with Gasteiger partial charge >= 0.3 is 0 Å². The maximum atomic E-state index is 12.1. The van der Waals surface area contributed by atoms with Crippen molar-refractivity contribution in [3.05, 3.63) is 41.8 Å². The van der Waals surface area contributed by atoms with Crippen LogP contribution in [0, 0.1) is 0 Å². The fourth-order valence-electron chi connectivity index (χ4n) is 2.74. The van der Waals surface area contributed by atoms with Crippen molar-refractivity contribution >= 4 is 32.7 Å². The Labute approximate surface area is 135 Å². The fourth-order valence-corrected chi connectivity index (χ4v) is 4.79. The third-order valence-electron chi connectivity index (χ3n) is 3.87. The van der Waals surface area contributed by atoms with Crippen LogP contribution >= 0.6 is 11.3 Å². The zero-order valence-corrected chi connectivity index (χ0v) is 13.9. The van der Waals surface area contributed by atoms with Gasteiger partial charge in [-0.05, 0) is 48.6 Å². The Morgan fingerprint density at radius 2 is 1.64 bits per heavy atom. The number of hydrogen-bond acceptors (Lipinski definition) is 4. The summed E-state index contributed by atoms with van der Waals surface area (Å²) in [6, 6.07) is 11.3. The number of rotatable bonds is 5. The molecule has 0 saturated heterocycles. The van der Waals surface area contributed by atoms with Gasteiger partial charge in [0.05, 0.1) is 0 Å². The van der Waals surface area contributed by atoms with Crippen molar-refractivity contribution in [2.24, 2.45) is 0 Å². The molecule has 0 amide bonds. The van der Waals surface area contributed by atoms with Gasteiger partial charge in [0.1, 0.15) is 4.21 Å². The van der Waals surface area contributed by atoms with E-state index >= 15 is 0 Å². The molecule has 1 aromatic heterocycles. The second-order valence-electron chi connectivity index (χ2n) is 5.59. The number of anilines is 2. The minimum atomic E-state index is -3.46. The van der Waals surface area contributed by atoms with Crippen molar-refractivity contribution in [3.8, 4) is 0 Å². The molecule has 1 heterocycles. The van der Waals surface area contributed by atoms with E-state index in [2.05, 4.69) is 10.0 Å². The van der Waals surface area contributed by atoms with E-state index < -0.39 is 10.0 Å². The average Bonchev–Trinajstić information content (AvgIpc) is 3.05. The SMILES string of the molecule is O=S(=O)(Nc1ccc(NC2CCCCC2)cc1)c1cccs1. The largest absolute Gasteiger partial charge is 0.382 e. The number of thiophene rings is 1. The Bertz CT molecular complexity index is 688. The first kappa shape index (κ1) is 15.4. The van der Waals surface area contributed by atoms with Crippen molar-refractivity contribution in [1.82, 2.24) is 0 Å². The highest BCUT2D eigenvalue weighted by Gasteiger charge is 2.15. The molecule has 0 spiro atoms. The highest BCUT2D eigenvalue weighted by molar-refractivity contribution is 7.94. The van der Waals surface area contributed by atoms with Crippen LogP contribution < -0.4 is 10.0 Å². The number of nitrogens with one attached hydrogen (secondary N) is 2. The van der Waals surface area contributed by atoms with E-state index in [4.69, 9.17) is 0 Å². The highest BCUT2D eigenvalue weighted by atomic mass is 32.2. The molecule has 1 aliphatic carbocycles. The molecule has 0 aliphatic heterocycles. The summed E-state index contributed by atoms with van der Waals surface area (Å²) in [5.41, 5.74) is 1.63. The van der Waals surface area contributed by atoms with Crippen LogP contribution in [0.25, 0.3) is 0 Å². The molecular weight excluding hydrogens is 316 g/mol. The maximum Gasteiger partial charge on any atom is 0.271 e. The summed E-state index contributed by atoms with van der Waals surface area (Å²) >= 11 is 1.21. The Balaban J connectivity index is 1.64. The van der Waals surface area contributed by atoms with Gasteiger partial charge in [0, 0.05) is 17.4 Å². The van der Waals surface area contributed by atoms with E-state index in [0.717, 1.165) is 5.69 Å². The van der Waals surface area contributed by atoms with Crippen LogP contribution in [0.1, 0.15) is 32.1 Å². The van der Waals surface area contributed by atoms with Gasteiger partial charge in [0.25, 0.3) is 10.0 Å². The van der Waals surface area contributed by atoms with E-state index in [9.17, 15) is 8.42 Å². The summed E-state index contributed by atoms with van der Waals surface area (Å²) in [7, 11) is -3.46. The molecule has 1 fully saturated rings. The molecule has 3 rings (SSSR count). The molecule has 0 bridgehead atoms. The van der Waals surface area contributed by atoms with Gasteiger partial charge in [-0.2, -0.15) is 0 Å². The predicted octanol–water partition coefficient (Wildman–Crippen LogP) is 4.29. The first-order valence-electron chi connectivity index (χ1n) is 7.56. The predicted molar refractivity (Wildman–Crippen MR) is 92.1 cm³/mol. The molecule has 0 unspecified atom stereocenters. The molecule has 4 nitrogen and oxygen atoms in total. The summed E-state index contributed by atoms with van der Waals surface area (Å²) in [5, 5.41) is 5.28. The standard InChI is InChI=1S/C16H20N2O2S2/c19-22(20,16-7-4-12-21-16)18-15-10-8-14(9-11-15)17-13-5-2-1-3-6-13/h4,7-13,17-18H,1-3,5-6H2. The van der Waals surface area contributed by atoms with Crippen LogP contribution in [0.5, 0.6) is 0 Å². The molecular formula is C16H20N2O2S2. The van der Waals surface area contributed by atoms with Gasteiger partial charge < -0.3 is 5.32 Å². The molecule has 6 heteroatoms. The monoisotopic (exact) mass is 336 g/mol. The number of benzene rings is 1. The molecule has 1 saturated carbocycles. The summed E-state index contributed by atoms with van der Waals surface area (Å²) < 4.78 is 27.2. The van der Waals surface area contributed by atoms with Crippen LogP contribution in [-0.2, 0) is 10.0 Å². The lowest BCUT2D eigenvalue weighted by Gasteiger charge is -2.23. The summed E-state index contributed by atoms with van der Waals surface area (Å²) in [6.07, 6.45) is 6.34. The average molecular weight is 336 g/mol. The van der Waals surface area contributed by atoms with Gasteiger partial charge in [0.2, 0.25) is 0 Å². The number of sulfonamides is 1. The molecule has 2 N–H and O–H groups in total. The lowest BCUT2D eigenvalue weighted by molar-refractivity contribution is 0.463. The molecule has 1 aliphatic rings. The first-order chi connectivity index (χ1) is 10.6. The normalized spacial score (nSPS) is 16.4. The molecule has 22 heavy (non-hydrogen) atoms. The van der Waals surface area contributed by atoms with Crippen LogP contribution in [0.4, 0.5) is 11.4 Å². The van der Waals surface area contributed by atoms with Crippen molar-refractivity contribution in [1.29, 1.82) is 0 Å². The van der Waals surface area contributed by atoms with Crippen molar-refractivity contribution < 1.29 is 8.42 Å². The minimum absolute atomic E-state index is 0.330.